The van der Waals surface area contributed by atoms with Gasteiger partial charge in [0.05, 0.1) is 13.0 Å². The smallest absolute Gasteiger partial charge is 0.310 e. The van der Waals surface area contributed by atoms with Crippen molar-refractivity contribution in [3.05, 3.63) is 35.9 Å². The molecule has 9 heteroatoms. The van der Waals surface area contributed by atoms with Crippen LogP contribution >= 0.6 is 11.8 Å². The second-order valence-electron chi connectivity index (χ2n) is 5.87. The molecular formula is C17H23N5O3S. The Kier molecular flexibility index (Phi) is 7.58. The first-order valence-electron chi connectivity index (χ1n) is 8.26. The third kappa shape index (κ3) is 5.83. The van der Waals surface area contributed by atoms with Crippen molar-refractivity contribution in [2.24, 2.45) is 13.0 Å². The maximum atomic E-state index is 12.7. The van der Waals surface area contributed by atoms with Crippen molar-refractivity contribution in [1.82, 2.24) is 25.1 Å². The number of carbonyl (C=O) groups is 2. The van der Waals surface area contributed by atoms with E-state index in [0.717, 1.165) is 5.56 Å². The molecule has 0 bridgehead atoms. The number of methoxy groups -OCH3 is 1. The topological polar surface area (TPSA) is 90.2 Å². The molecule has 1 amide bonds. The zero-order valence-corrected chi connectivity index (χ0v) is 16.0. The predicted octanol–water partition coefficient (Wildman–Crippen LogP) is 1.53. The van der Waals surface area contributed by atoms with E-state index in [4.69, 9.17) is 4.74 Å². The number of esters is 1. The van der Waals surface area contributed by atoms with Crippen LogP contribution in [-0.2, 0) is 27.9 Å². The van der Waals surface area contributed by atoms with Gasteiger partial charge in [-0.1, -0.05) is 49.0 Å². The second kappa shape index (κ2) is 9.91. The number of nitrogens with zero attached hydrogens (tertiary/aromatic N) is 5. The van der Waals surface area contributed by atoms with Crippen LogP contribution in [0.5, 0.6) is 0 Å². The Morgan fingerprint density at radius 2 is 2.04 bits per heavy atom. The second-order valence-corrected chi connectivity index (χ2v) is 6.93. The number of carbonyl (C=O) groups excluding carboxylic acids is 2. The number of amides is 1. The fourth-order valence-corrected chi connectivity index (χ4v) is 3.17. The summed E-state index contributed by atoms with van der Waals surface area (Å²) in [6.07, 6.45) is 0.332. The maximum absolute atomic E-state index is 12.7. The number of hydrogen-bond donors (Lipinski definition) is 0. The van der Waals surface area contributed by atoms with Gasteiger partial charge in [-0.25, -0.2) is 4.68 Å². The van der Waals surface area contributed by atoms with Crippen molar-refractivity contribution in [3.8, 4) is 0 Å². The van der Waals surface area contributed by atoms with Gasteiger partial charge in [-0.3, -0.25) is 9.59 Å². The molecule has 1 atom stereocenters. The molecule has 26 heavy (non-hydrogen) atoms. The van der Waals surface area contributed by atoms with Crippen LogP contribution in [0.25, 0.3) is 0 Å². The third-order valence-corrected chi connectivity index (χ3v) is 4.81. The highest BCUT2D eigenvalue weighted by atomic mass is 32.2. The number of benzene rings is 1. The summed E-state index contributed by atoms with van der Waals surface area (Å²) in [5, 5.41) is 11.9. The first kappa shape index (κ1) is 19.9. The summed E-state index contributed by atoms with van der Waals surface area (Å²) < 4.78 is 6.35. The Labute approximate surface area is 156 Å². The van der Waals surface area contributed by atoms with Crippen molar-refractivity contribution in [2.45, 2.75) is 25.0 Å². The lowest BCUT2D eigenvalue weighted by Gasteiger charge is -2.25. The van der Waals surface area contributed by atoms with Crippen molar-refractivity contribution < 1.29 is 14.3 Å². The van der Waals surface area contributed by atoms with E-state index in [2.05, 4.69) is 15.5 Å². The molecule has 2 aromatic rings. The highest BCUT2D eigenvalue weighted by Gasteiger charge is 2.22. The van der Waals surface area contributed by atoms with E-state index in [1.165, 1.54) is 18.9 Å². The lowest BCUT2D eigenvalue weighted by molar-refractivity contribution is -0.146. The van der Waals surface area contributed by atoms with Gasteiger partial charge < -0.3 is 9.64 Å². The fourth-order valence-electron chi connectivity index (χ4n) is 2.40. The monoisotopic (exact) mass is 377 g/mol. The molecule has 0 radical (unpaired) electrons. The zero-order chi connectivity index (χ0) is 18.9. The molecule has 140 valence electrons. The minimum Gasteiger partial charge on any atom is -0.469 e. The summed E-state index contributed by atoms with van der Waals surface area (Å²) in [5.41, 5.74) is 1.02. The van der Waals surface area contributed by atoms with Crippen LogP contribution in [0.4, 0.5) is 0 Å². The van der Waals surface area contributed by atoms with Gasteiger partial charge in [-0.2, -0.15) is 0 Å². The van der Waals surface area contributed by atoms with Gasteiger partial charge in [0.1, 0.15) is 0 Å². The van der Waals surface area contributed by atoms with Gasteiger partial charge >= 0.3 is 5.97 Å². The number of thioether (sulfide) groups is 1. The minimum absolute atomic E-state index is 0.0211. The molecule has 2 rings (SSSR count). The van der Waals surface area contributed by atoms with Crippen molar-refractivity contribution in [3.63, 3.8) is 0 Å². The molecule has 1 aromatic heterocycles. The normalized spacial score (nSPS) is 11.8. The Balaban J connectivity index is 1.97. The van der Waals surface area contributed by atoms with Gasteiger partial charge in [0, 0.05) is 32.3 Å². The number of ether oxygens (including phenoxy) is 1. The van der Waals surface area contributed by atoms with Crippen LogP contribution in [0.3, 0.4) is 0 Å². The van der Waals surface area contributed by atoms with Crippen molar-refractivity contribution in [2.75, 3.05) is 19.4 Å². The molecule has 0 aliphatic carbocycles. The molecular weight excluding hydrogens is 354 g/mol. The highest BCUT2D eigenvalue weighted by molar-refractivity contribution is 7.99. The van der Waals surface area contributed by atoms with E-state index in [-0.39, 0.29) is 17.8 Å². The van der Waals surface area contributed by atoms with Crippen LogP contribution in [0, 0.1) is 5.92 Å². The summed E-state index contributed by atoms with van der Waals surface area (Å²) in [7, 11) is 3.11. The zero-order valence-electron chi connectivity index (χ0n) is 15.2. The van der Waals surface area contributed by atoms with Crippen molar-refractivity contribution >= 4 is 23.6 Å². The van der Waals surface area contributed by atoms with Crippen LogP contribution in [0.15, 0.2) is 35.5 Å². The van der Waals surface area contributed by atoms with Crippen LogP contribution in [0.1, 0.15) is 18.9 Å². The molecule has 0 saturated carbocycles. The van der Waals surface area contributed by atoms with Gasteiger partial charge in [-0.15, -0.1) is 5.10 Å². The SMILES string of the molecule is COC(=O)C(C)CN(Cc1ccccc1)C(=O)CCSc1nnnn1C. The van der Waals surface area contributed by atoms with Crippen LogP contribution in [0.2, 0.25) is 0 Å². The van der Waals surface area contributed by atoms with Gasteiger partial charge in [0.2, 0.25) is 11.1 Å². The minimum atomic E-state index is -0.386. The number of tetrazole rings is 1. The van der Waals surface area contributed by atoms with Gasteiger partial charge in [0.25, 0.3) is 0 Å². The maximum Gasteiger partial charge on any atom is 0.310 e. The molecule has 8 nitrogen and oxygen atoms in total. The summed E-state index contributed by atoms with van der Waals surface area (Å²) in [4.78, 5) is 26.2. The van der Waals surface area contributed by atoms with E-state index in [1.54, 1.807) is 23.6 Å². The third-order valence-electron chi connectivity index (χ3n) is 3.80. The summed E-state index contributed by atoms with van der Waals surface area (Å²) in [6.45, 7) is 2.53. The molecule has 0 aliphatic rings. The molecule has 1 heterocycles. The summed E-state index contributed by atoms with van der Waals surface area (Å²) in [6, 6.07) is 9.71. The molecule has 0 spiro atoms. The van der Waals surface area contributed by atoms with Crippen molar-refractivity contribution in [1.29, 1.82) is 0 Å². The lowest BCUT2D eigenvalue weighted by atomic mass is 10.1. The molecule has 0 aliphatic heterocycles. The lowest BCUT2D eigenvalue weighted by Crippen LogP contribution is -2.37. The van der Waals surface area contributed by atoms with Crippen LogP contribution < -0.4 is 0 Å². The highest BCUT2D eigenvalue weighted by Crippen LogP contribution is 2.16. The van der Waals surface area contributed by atoms with E-state index in [0.29, 0.717) is 30.4 Å². The standard InChI is InChI=1S/C17H23N5O3S/c1-13(16(24)25-3)11-22(12-14-7-5-4-6-8-14)15(23)9-10-26-17-18-19-20-21(17)2/h4-8,13H,9-12H2,1-3H3. The Morgan fingerprint density at radius 3 is 2.65 bits per heavy atom. The molecule has 0 saturated heterocycles. The van der Waals surface area contributed by atoms with E-state index >= 15 is 0 Å². The van der Waals surface area contributed by atoms with E-state index in [9.17, 15) is 9.59 Å². The molecule has 0 N–H and O–H groups in total. The molecule has 0 fully saturated rings. The number of aromatic nitrogens is 4. The first-order valence-corrected chi connectivity index (χ1v) is 9.24. The largest absolute Gasteiger partial charge is 0.469 e. The fraction of sp³-hybridized carbons (Fsp3) is 0.471. The average Bonchev–Trinajstić information content (AvgIpc) is 3.06. The Morgan fingerprint density at radius 1 is 1.31 bits per heavy atom. The first-order chi connectivity index (χ1) is 12.5. The summed E-state index contributed by atoms with van der Waals surface area (Å²) >= 11 is 1.42. The van der Waals surface area contributed by atoms with E-state index in [1.807, 2.05) is 30.3 Å². The number of rotatable bonds is 9. The Bertz CT molecular complexity index is 722. The summed E-state index contributed by atoms with van der Waals surface area (Å²) in [5.74, 6) is -0.170. The average molecular weight is 377 g/mol. The molecule has 1 aromatic carbocycles. The number of hydrogen-bond acceptors (Lipinski definition) is 7. The quantitative estimate of drug-likeness (QED) is 0.483. The Hall–Kier alpha value is -2.42. The van der Waals surface area contributed by atoms with Crippen LogP contribution in [-0.4, -0.2) is 56.4 Å². The van der Waals surface area contributed by atoms with Gasteiger partial charge in [0.15, 0.2) is 0 Å². The van der Waals surface area contributed by atoms with E-state index < -0.39 is 0 Å². The molecule has 1 unspecified atom stereocenters. The predicted molar refractivity (Wildman–Crippen MR) is 97.2 cm³/mol. The number of aryl methyl sites for hydroxylation is 1. The van der Waals surface area contributed by atoms with Gasteiger partial charge in [-0.05, 0) is 16.0 Å².